The van der Waals surface area contributed by atoms with E-state index >= 15 is 0 Å². The Morgan fingerprint density at radius 3 is 2.25 bits per heavy atom. The zero-order valence-electron chi connectivity index (χ0n) is 29.9. The average Bonchev–Trinajstić information content (AvgIpc) is 3.16. The molecular weight excluding hydrogens is 675 g/mol. The minimum absolute atomic E-state index is 0.0161. The van der Waals surface area contributed by atoms with Crippen molar-refractivity contribution in [2.45, 2.75) is 33.4 Å². The van der Waals surface area contributed by atoms with E-state index in [0.717, 1.165) is 55.0 Å². The van der Waals surface area contributed by atoms with E-state index in [2.05, 4.69) is 58.1 Å². The molecule has 2 heterocycles. The topological polar surface area (TPSA) is 58.1 Å². The standard InChI is InChI=1S/C43H44ClFN4O3/c1-31-4-6-35(7-5-31)30-51-39-17-18-41(46-28-39)52-43-32(2)26-36(27-40(43)44)12-19-42(50)49-24-22-48(23-25-49)29-34-10-8-33(9-11-34)20-21-47(3)38-15-13-37(45)14-16-38/h4-19,26-28H,20-25,29-30H2,1-3H3. The number of carbonyl (C=O) groups excluding carboxylic acids is 1. The van der Waals surface area contributed by atoms with Crippen LogP contribution in [-0.4, -0.2) is 60.5 Å². The van der Waals surface area contributed by atoms with Gasteiger partial charge in [-0.3, -0.25) is 9.69 Å². The molecule has 5 aromatic rings. The first-order chi connectivity index (χ1) is 25.2. The molecule has 1 fully saturated rings. The van der Waals surface area contributed by atoms with Gasteiger partial charge in [-0.1, -0.05) is 65.7 Å². The van der Waals surface area contributed by atoms with Gasteiger partial charge in [-0.25, -0.2) is 9.37 Å². The first-order valence-corrected chi connectivity index (χ1v) is 17.9. The number of aromatic nitrogens is 1. The summed E-state index contributed by atoms with van der Waals surface area (Å²) in [6.45, 7) is 9.10. The predicted octanol–water partition coefficient (Wildman–Crippen LogP) is 8.90. The molecule has 0 atom stereocenters. The van der Waals surface area contributed by atoms with Crippen molar-refractivity contribution in [3.8, 4) is 17.4 Å². The summed E-state index contributed by atoms with van der Waals surface area (Å²) in [5, 5.41) is 0.438. The van der Waals surface area contributed by atoms with E-state index in [4.69, 9.17) is 21.1 Å². The first kappa shape index (κ1) is 36.6. The number of likely N-dealkylation sites (N-methyl/N-ethyl adjacent to an activating group) is 1. The molecule has 7 nitrogen and oxygen atoms in total. The second-order valence-electron chi connectivity index (χ2n) is 13.3. The smallest absolute Gasteiger partial charge is 0.246 e. The maximum atomic E-state index is 13.2. The van der Waals surface area contributed by atoms with Crippen LogP contribution in [0.25, 0.3) is 6.08 Å². The van der Waals surface area contributed by atoms with E-state index in [1.54, 1.807) is 42.6 Å². The zero-order valence-corrected chi connectivity index (χ0v) is 30.7. The molecule has 0 spiro atoms. The van der Waals surface area contributed by atoms with Crippen molar-refractivity contribution in [3.05, 3.63) is 154 Å². The highest BCUT2D eigenvalue weighted by Gasteiger charge is 2.20. The molecule has 0 radical (unpaired) electrons. The van der Waals surface area contributed by atoms with Gasteiger partial charge in [0, 0.05) is 64.1 Å². The quantitative estimate of drug-likeness (QED) is 0.113. The monoisotopic (exact) mass is 718 g/mol. The Morgan fingerprint density at radius 2 is 1.58 bits per heavy atom. The van der Waals surface area contributed by atoms with E-state index in [-0.39, 0.29) is 11.7 Å². The van der Waals surface area contributed by atoms with Gasteiger partial charge in [0.05, 0.1) is 11.2 Å². The zero-order chi connectivity index (χ0) is 36.5. The van der Waals surface area contributed by atoms with E-state index in [1.807, 2.05) is 43.1 Å². The van der Waals surface area contributed by atoms with Gasteiger partial charge in [-0.15, -0.1) is 0 Å². The number of amides is 1. The Hall–Kier alpha value is -5.18. The number of hydrogen-bond acceptors (Lipinski definition) is 6. The van der Waals surface area contributed by atoms with Gasteiger partial charge >= 0.3 is 0 Å². The molecule has 0 saturated carbocycles. The molecule has 0 unspecified atom stereocenters. The van der Waals surface area contributed by atoms with Crippen molar-refractivity contribution in [2.24, 2.45) is 0 Å². The number of carbonyl (C=O) groups is 1. The molecule has 268 valence electrons. The van der Waals surface area contributed by atoms with Crippen LogP contribution in [0.4, 0.5) is 10.1 Å². The Kier molecular flexibility index (Phi) is 12.2. The van der Waals surface area contributed by atoms with Crippen molar-refractivity contribution < 1.29 is 18.7 Å². The van der Waals surface area contributed by atoms with Gasteiger partial charge in [0.1, 0.15) is 18.2 Å². The van der Waals surface area contributed by atoms with Crippen LogP contribution < -0.4 is 14.4 Å². The molecule has 1 amide bonds. The number of aryl methyl sites for hydroxylation is 2. The highest BCUT2D eigenvalue weighted by Crippen LogP contribution is 2.34. The first-order valence-electron chi connectivity index (χ1n) is 17.5. The third-order valence-electron chi connectivity index (χ3n) is 9.23. The summed E-state index contributed by atoms with van der Waals surface area (Å²) in [6, 6.07) is 30.9. The summed E-state index contributed by atoms with van der Waals surface area (Å²) in [7, 11) is 2.02. The summed E-state index contributed by atoms with van der Waals surface area (Å²) >= 11 is 6.63. The Morgan fingerprint density at radius 1 is 0.885 bits per heavy atom. The number of ether oxygens (including phenoxy) is 2. The van der Waals surface area contributed by atoms with E-state index in [1.165, 1.54) is 28.8 Å². The Bertz CT molecular complexity index is 1940. The van der Waals surface area contributed by atoms with E-state index in [0.29, 0.717) is 42.1 Å². The largest absolute Gasteiger partial charge is 0.487 e. The molecular formula is C43H44ClFN4O3. The lowest BCUT2D eigenvalue weighted by Gasteiger charge is -2.34. The van der Waals surface area contributed by atoms with Crippen molar-refractivity contribution >= 4 is 29.3 Å². The highest BCUT2D eigenvalue weighted by atomic mass is 35.5. The molecule has 1 aromatic heterocycles. The fourth-order valence-electron chi connectivity index (χ4n) is 6.04. The van der Waals surface area contributed by atoms with Crippen LogP contribution in [0.5, 0.6) is 17.4 Å². The lowest BCUT2D eigenvalue weighted by Crippen LogP contribution is -2.47. The summed E-state index contributed by atoms with van der Waals surface area (Å²) in [4.78, 5) is 23.9. The number of benzene rings is 4. The number of nitrogens with zero attached hydrogens (tertiary/aromatic N) is 4. The second-order valence-corrected chi connectivity index (χ2v) is 13.7. The van der Waals surface area contributed by atoms with Gasteiger partial charge in [0.25, 0.3) is 0 Å². The summed E-state index contributed by atoms with van der Waals surface area (Å²) in [6.07, 6.45) is 5.96. The third-order valence-corrected chi connectivity index (χ3v) is 9.51. The number of piperazine rings is 1. The molecule has 9 heteroatoms. The van der Waals surface area contributed by atoms with E-state index in [9.17, 15) is 9.18 Å². The molecule has 52 heavy (non-hydrogen) atoms. The molecule has 1 aliphatic rings. The average molecular weight is 719 g/mol. The molecule has 0 N–H and O–H groups in total. The lowest BCUT2D eigenvalue weighted by molar-refractivity contribution is -0.127. The van der Waals surface area contributed by atoms with Gasteiger partial charge in [0.2, 0.25) is 11.8 Å². The predicted molar refractivity (Wildman–Crippen MR) is 207 cm³/mol. The lowest BCUT2D eigenvalue weighted by atomic mass is 10.1. The minimum atomic E-state index is -0.221. The van der Waals surface area contributed by atoms with E-state index < -0.39 is 0 Å². The van der Waals surface area contributed by atoms with Gasteiger partial charge in [-0.05, 0) is 96.6 Å². The molecule has 0 bridgehead atoms. The Labute approximate surface area is 310 Å². The number of hydrogen-bond donors (Lipinski definition) is 0. The van der Waals surface area contributed by atoms with Crippen LogP contribution in [-0.2, 0) is 24.4 Å². The Balaban J connectivity index is 0.936. The maximum Gasteiger partial charge on any atom is 0.246 e. The molecule has 4 aromatic carbocycles. The van der Waals surface area contributed by atoms with Crippen LogP contribution in [0.3, 0.4) is 0 Å². The summed E-state index contributed by atoms with van der Waals surface area (Å²) in [5.74, 6) is 1.34. The van der Waals surface area contributed by atoms with Crippen molar-refractivity contribution in [3.63, 3.8) is 0 Å². The van der Waals surface area contributed by atoms with Gasteiger partial charge < -0.3 is 19.3 Å². The third kappa shape index (κ3) is 10.2. The number of pyridine rings is 1. The van der Waals surface area contributed by atoms with Crippen LogP contribution >= 0.6 is 11.6 Å². The SMILES string of the molecule is Cc1ccc(COc2ccc(Oc3c(C)cc(C=CC(=O)N4CCN(Cc5ccc(CCN(C)c6ccc(F)cc6)cc5)CC4)cc3Cl)nc2)cc1. The van der Waals surface area contributed by atoms with Crippen LogP contribution in [0.1, 0.15) is 33.4 Å². The summed E-state index contributed by atoms with van der Waals surface area (Å²) < 4.78 is 25.1. The van der Waals surface area contributed by atoms with Gasteiger partial charge in [0.15, 0.2) is 5.75 Å². The normalized spacial score (nSPS) is 13.4. The molecule has 1 saturated heterocycles. The molecule has 1 aliphatic heterocycles. The van der Waals surface area contributed by atoms with Crippen molar-refractivity contribution in [1.82, 2.24) is 14.8 Å². The number of anilines is 1. The minimum Gasteiger partial charge on any atom is -0.487 e. The number of rotatable bonds is 13. The highest BCUT2D eigenvalue weighted by molar-refractivity contribution is 6.32. The fraction of sp³-hybridized carbons (Fsp3) is 0.256. The van der Waals surface area contributed by atoms with Crippen molar-refractivity contribution in [2.75, 3.05) is 44.7 Å². The molecule has 0 aliphatic carbocycles. The van der Waals surface area contributed by atoms with Gasteiger partial charge in [-0.2, -0.15) is 0 Å². The fourth-order valence-corrected chi connectivity index (χ4v) is 6.35. The maximum absolute atomic E-state index is 13.2. The van der Waals surface area contributed by atoms with Crippen LogP contribution in [0.2, 0.25) is 5.02 Å². The van der Waals surface area contributed by atoms with Crippen molar-refractivity contribution in [1.29, 1.82) is 0 Å². The molecule has 6 rings (SSSR count). The second kappa shape index (κ2) is 17.4. The van der Waals surface area contributed by atoms with Crippen LogP contribution in [0.15, 0.2) is 109 Å². The van der Waals surface area contributed by atoms with Crippen LogP contribution in [0, 0.1) is 19.7 Å². The number of halogens is 2. The summed E-state index contributed by atoms with van der Waals surface area (Å²) in [5.41, 5.74) is 7.47.